The number of piperidine rings is 1. The lowest BCUT2D eigenvalue weighted by Gasteiger charge is -2.41. The van der Waals surface area contributed by atoms with E-state index in [2.05, 4.69) is 32.3 Å². The summed E-state index contributed by atoms with van der Waals surface area (Å²) in [6.07, 6.45) is 5.28. The van der Waals surface area contributed by atoms with Gasteiger partial charge in [0.25, 0.3) is 5.91 Å². The van der Waals surface area contributed by atoms with Crippen LogP contribution in [0.4, 0.5) is 11.4 Å². The van der Waals surface area contributed by atoms with E-state index in [1.807, 2.05) is 18.2 Å². The fraction of sp³-hybridized carbons (Fsp3) is 0.652. The van der Waals surface area contributed by atoms with E-state index in [1.165, 1.54) is 13.0 Å². The number of piperazine rings is 1. The van der Waals surface area contributed by atoms with Crippen LogP contribution in [0.25, 0.3) is 0 Å². The maximum absolute atomic E-state index is 12.6. The Labute approximate surface area is 179 Å². The topological polar surface area (TPSA) is 67.9 Å². The second kappa shape index (κ2) is 9.79. The molecule has 1 aromatic rings. The minimum atomic E-state index is -0.0689. The molecule has 2 saturated heterocycles. The van der Waals surface area contributed by atoms with Crippen LogP contribution in [-0.2, 0) is 4.79 Å². The molecule has 3 aliphatic heterocycles. The van der Waals surface area contributed by atoms with Gasteiger partial charge in [-0.1, -0.05) is 6.92 Å². The van der Waals surface area contributed by atoms with Gasteiger partial charge in [0.05, 0.1) is 11.4 Å². The van der Waals surface area contributed by atoms with Gasteiger partial charge in [-0.05, 0) is 63.4 Å². The molecular formula is C23H35N5O2. The Morgan fingerprint density at radius 1 is 1.10 bits per heavy atom. The van der Waals surface area contributed by atoms with Crippen LogP contribution in [0.15, 0.2) is 18.2 Å². The smallest absolute Gasteiger partial charge is 0.251 e. The highest BCUT2D eigenvalue weighted by Crippen LogP contribution is 2.36. The summed E-state index contributed by atoms with van der Waals surface area (Å²) in [5.74, 6) is -0.0145. The largest absolute Gasteiger partial charge is 0.358 e. The van der Waals surface area contributed by atoms with Crippen molar-refractivity contribution in [3.8, 4) is 0 Å². The lowest BCUT2D eigenvalue weighted by molar-refractivity contribution is -0.118. The fourth-order valence-corrected chi connectivity index (χ4v) is 4.90. The molecule has 7 nitrogen and oxygen atoms in total. The SMILES string of the molecule is CCCN1CCN(CCCNC(=O)c2ccc3c(c2)NC(=O)C2CCCCN32)CC1. The fourth-order valence-electron chi connectivity index (χ4n) is 4.90. The lowest BCUT2D eigenvalue weighted by Crippen LogP contribution is -2.50. The molecule has 30 heavy (non-hydrogen) atoms. The molecule has 4 rings (SSSR count). The van der Waals surface area contributed by atoms with Crippen LogP contribution >= 0.6 is 0 Å². The quantitative estimate of drug-likeness (QED) is 0.671. The zero-order chi connectivity index (χ0) is 20.9. The van der Waals surface area contributed by atoms with Crippen molar-refractivity contribution in [2.45, 2.75) is 45.1 Å². The number of hydrogen-bond acceptors (Lipinski definition) is 5. The van der Waals surface area contributed by atoms with Crippen molar-refractivity contribution < 1.29 is 9.59 Å². The molecule has 1 unspecified atom stereocenters. The van der Waals surface area contributed by atoms with E-state index < -0.39 is 0 Å². The normalized spacial score (nSPS) is 22.2. The predicted octanol–water partition coefficient (Wildman–Crippen LogP) is 2.15. The Kier molecular flexibility index (Phi) is 6.89. The van der Waals surface area contributed by atoms with Crippen LogP contribution in [-0.4, -0.2) is 80.0 Å². The molecule has 2 fully saturated rings. The van der Waals surface area contributed by atoms with Crippen LogP contribution in [0.5, 0.6) is 0 Å². The third-order valence-electron chi connectivity index (χ3n) is 6.57. The molecule has 3 heterocycles. The van der Waals surface area contributed by atoms with Gasteiger partial charge >= 0.3 is 0 Å². The summed E-state index contributed by atoms with van der Waals surface area (Å²) >= 11 is 0. The maximum Gasteiger partial charge on any atom is 0.251 e. The van der Waals surface area contributed by atoms with Crippen molar-refractivity contribution in [1.29, 1.82) is 0 Å². The zero-order valence-corrected chi connectivity index (χ0v) is 18.2. The average molecular weight is 414 g/mol. The van der Waals surface area contributed by atoms with Gasteiger partial charge in [-0.2, -0.15) is 0 Å². The second-order valence-corrected chi connectivity index (χ2v) is 8.72. The van der Waals surface area contributed by atoms with E-state index >= 15 is 0 Å². The Morgan fingerprint density at radius 2 is 1.87 bits per heavy atom. The van der Waals surface area contributed by atoms with Gasteiger partial charge in [0.15, 0.2) is 0 Å². The molecule has 2 amide bonds. The monoisotopic (exact) mass is 413 g/mol. The van der Waals surface area contributed by atoms with Crippen LogP contribution in [0, 0.1) is 0 Å². The Balaban J connectivity index is 1.25. The van der Waals surface area contributed by atoms with E-state index in [0.29, 0.717) is 12.1 Å². The number of rotatable bonds is 7. The van der Waals surface area contributed by atoms with Gasteiger partial charge < -0.3 is 25.3 Å². The van der Waals surface area contributed by atoms with Gasteiger partial charge in [-0.25, -0.2) is 0 Å². The number of hydrogen-bond donors (Lipinski definition) is 2. The minimum Gasteiger partial charge on any atom is -0.358 e. The van der Waals surface area contributed by atoms with Crippen LogP contribution < -0.4 is 15.5 Å². The highest BCUT2D eigenvalue weighted by atomic mass is 16.2. The van der Waals surface area contributed by atoms with Crippen molar-refractivity contribution in [3.63, 3.8) is 0 Å². The Morgan fingerprint density at radius 3 is 2.63 bits per heavy atom. The first-order valence-electron chi connectivity index (χ1n) is 11.6. The molecule has 1 aromatic carbocycles. The summed E-state index contributed by atoms with van der Waals surface area (Å²) in [7, 11) is 0. The van der Waals surface area contributed by atoms with E-state index in [0.717, 1.165) is 76.3 Å². The number of anilines is 2. The Hall–Kier alpha value is -2.12. The number of benzene rings is 1. The number of carbonyl (C=O) groups excluding carboxylic acids is 2. The predicted molar refractivity (Wildman–Crippen MR) is 120 cm³/mol. The summed E-state index contributed by atoms with van der Waals surface area (Å²) < 4.78 is 0. The van der Waals surface area contributed by atoms with Crippen molar-refractivity contribution >= 4 is 23.2 Å². The summed E-state index contributed by atoms with van der Waals surface area (Å²) in [5.41, 5.74) is 2.41. The van der Waals surface area contributed by atoms with Gasteiger partial charge in [0, 0.05) is 44.8 Å². The van der Waals surface area contributed by atoms with Gasteiger partial charge in [0.1, 0.15) is 6.04 Å². The van der Waals surface area contributed by atoms with Crippen LogP contribution in [0.2, 0.25) is 0 Å². The molecule has 7 heteroatoms. The van der Waals surface area contributed by atoms with Crippen LogP contribution in [0.3, 0.4) is 0 Å². The van der Waals surface area contributed by atoms with Crippen molar-refractivity contribution in [1.82, 2.24) is 15.1 Å². The minimum absolute atomic E-state index is 0.0544. The number of amides is 2. The standard InChI is InChI=1S/C23H35N5O2/c1-2-10-26-13-15-27(16-14-26)11-5-9-24-22(29)18-7-8-20-19(17-18)25-23(30)21-6-3-4-12-28(20)21/h7-8,17,21H,2-6,9-16H2,1H3,(H,24,29)(H,25,30). The summed E-state index contributed by atoms with van der Waals surface area (Å²) in [4.78, 5) is 32.2. The zero-order valence-electron chi connectivity index (χ0n) is 18.2. The molecule has 0 aromatic heterocycles. The first-order chi connectivity index (χ1) is 14.7. The third-order valence-corrected chi connectivity index (χ3v) is 6.57. The molecule has 0 spiro atoms. The van der Waals surface area contributed by atoms with Gasteiger partial charge in [-0.3, -0.25) is 9.59 Å². The van der Waals surface area contributed by atoms with Crippen LogP contribution in [0.1, 0.15) is 49.4 Å². The summed E-state index contributed by atoms with van der Waals surface area (Å²) in [6, 6.07) is 5.62. The van der Waals surface area contributed by atoms with Gasteiger partial charge in [-0.15, -0.1) is 0 Å². The van der Waals surface area contributed by atoms with E-state index in [-0.39, 0.29) is 17.9 Å². The van der Waals surface area contributed by atoms with Gasteiger partial charge in [0.2, 0.25) is 5.91 Å². The first-order valence-corrected chi connectivity index (χ1v) is 11.6. The first kappa shape index (κ1) is 21.1. The Bertz CT molecular complexity index is 760. The third kappa shape index (κ3) is 4.78. The molecule has 3 aliphatic rings. The molecule has 0 bridgehead atoms. The molecule has 1 atom stereocenters. The maximum atomic E-state index is 12.6. The van der Waals surface area contributed by atoms with Crippen molar-refractivity contribution in [3.05, 3.63) is 23.8 Å². The summed E-state index contributed by atoms with van der Waals surface area (Å²) in [6.45, 7) is 10.6. The highest BCUT2D eigenvalue weighted by Gasteiger charge is 2.34. The van der Waals surface area contributed by atoms with Crippen molar-refractivity contribution in [2.75, 3.05) is 62.6 Å². The average Bonchev–Trinajstić information content (AvgIpc) is 2.78. The van der Waals surface area contributed by atoms with E-state index in [9.17, 15) is 9.59 Å². The lowest BCUT2D eigenvalue weighted by atomic mass is 9.97. The molecule has 164 valence electrons. The molecule has 0 aliphatic carbocycles. The number of nitrogens with zero attached hydrogens (tertiary/aromatic N) is 3. The van der Waals surface area contributed by atoms with E-state index in [1.54, 1.807) is 0 Å². The molecule has 0 radical (unpaired) electrons. The number of fused-ring (bicyclic) bond motifs is 3. The second-order valence-electron chi connectivity index (χ2n) is 8.72. The molecule has 2 N–H and O–H groups in total. The summed E-state index contributed by atoms with van der Waals surface area (Å²) in [5, 5.41) is 6.05. The number of nitrogens with one attached hydrogen (secondary N) is 2. The van der Waals surface area contributed by atoms with Crippen molar-refractivity contribution in [2.24, 2.45) is 0 Å². The molecular weight excluding hydrogens is 378 g/mol. The molecule has 0 saturated carbocycles. The highest BCUT2D eigenvalue weighted by molar-refractivity contribution is 6.05. The number of carbonyl (C=O) groups is 2. The van der Waals surface area contributed by atoms with E-state index in [4.69, 9.17) is 0 Å².